The van der Waals surface area contributed by atoms with E-state index in [9.17, 15) is 14.4 Å². The van der Waals surface area contributed by atoms with E-state index in [1.807, 2.05) is 48.5 Å². The first kappa shape index (κ1) is 19.3. The minimum Gasteiger partial charge on any atom is -0.462 e. The van der Waals surface area contributed by atoms with Crippen LogP contribution < -0.4 is 0 Å². The number of esters is 1. The molecule has 5 heteroatoms. The van der Waals surface area contributed by atoms with Gasteiger partial charge in [0.05, 0.1) is 23.3 Å². The summed E-state index contributed by atoms with van der Waals surface area (Å²) in [5.74, 6) is -1.40. The number of nitrogens with zero attached hydrogens (tertiary/aromatic N) is 1. The Kier molecular flexibility index (Phi) is 4.14. The lowest BCUT2D eigenvalue weighted by Crippen LogP contribution is -2.26. The maximum atomic E-state index is 13.6. The summed E-state index contributed by atoms with van der Waals surface area (Å²) in [6, 6.07) is 22.1. The number of ether oxygens (including phenoxy) is 1. The highest BCUT2D eigenvalue weighted by Gasteiger charge is 2.37. The zero-order valence-corrected chi connectivity index (χ0v) is 17.7. The van der Waals surface area contributed by atoms with Crippen LogP contribution in [-0.4, -0.2) is 29.1 Å². The molecule has 1 aromatic heterocycles. The minimum absolute atomic E-state index is 0.00492. The summed E-state index contributed by atoms with van der Waals surface area (Å²) in [7, 11) is 0. The third-order valence-electron chi connectivity index (χ3n) is 6.20. The lowest BCUT2D eigenvalue weighted by Gasteiger charge is -2.22. The van der Waals surface area contributed by atoms with Gasteiger partial charge in [0.2, 0.25) is 5.78 Å². The molecule has 0 saturated heterocycles. The summed E-state index contributed by atoms with van der Waals surface area (Å²) >= 11 is 0. The van der Waals surface area contributed by atoms with E-state index >= 15 is 0 Å². The highest BCUT2D eigenvalue weighted by atomic mass is 16.5. The highest BCUT2D eigenvalue weighted by molar-refractivity contribution is 6.35. The van der Waals surface area contributed by atoms with Gasteiger partial charge in [0.25, 0.3) is 0 Å². The zero-order chi connectivity index (χ0) is 22.7. The fourth-order valence-electron chi connectivity index (χ4n) is 4.84. The minimum atomic E-state index is -0.637. The van der Waals surface area contributed by atoms with Crippen LogP contribution in [0.25, 0.3) is 32.4 Å². The number of carbonyl (C=O) groups is 3. The average molecular weight is 431 g/mol. The van der Waals surface area contributed by atoms with Gasteiger partial charge in [-0.3, -0.25) is 9.59 Å². The molecule has 0 radical (unpaired) electrons. The maximum absolute atomic E-state index is 13.6. The van der Waals surface area contributed by atoms with Crippen molar-refractivity contribution in [3.05, 3.63) is 101 Å². The molecular weight excluding hydrogens is 414 g/mol. The second kappa shape index (κ2) is 7.07. The molecule has 0 unspecified atom stereocenters. The molecule has 0 aliphatic heterocycles. The molecule has 158 valence electrons. The van der Waals surface area contributed by atoms with Crippen molar-refractivity contribution in [1.29, 1.82) is 0 Å². The van der Waals surface area contributed by atoms with E-state index in [1.165, 1.54) is 0 Å². The Balaban J connectivity index is 1.89. The van der Waals surface area contributed by atoms with Crippen molar-refractivity contribution in [2.24, 2.45) is 0 Å². The SMILES string of the molecule is CCOC(=O)c1c2c(nc3c4ccccc4c4ccccc4c13)C(=O)c1ccccc1C2=O. The quantitative estimate of drug-likeness (QED) is 0.268. The van der Waals surface area contributed by atoms with Crippen LogP contribution in [0.1, 0.15) is 49.3 Å². The summed E-state index contributed by atoms with van der Waals surface area (Å²) < 4.78 is 5.40. The molecule has 5 aromatic rings. The lowest BCUT2D eigenvalue weighted by atomic mass is 9.82. The van der Waals surface area contributed by atoms with Crippen molar-refractivity contribution < 1.29 is 19.1 Å². The standard InChI is InChI=1S/C28H17NO4/c1-2-33-28(32)22-21-17-11-5-3-9-15(17)16-10-4-6-12-18(16)24(21)29-25-23(22)26(30)19-13-7-8-14-20(19)27(25)31/h3-14H,2H2,1H3. The number of pyridine rings is 1. The lowest BCUT2D eigenvalue weighted by molar-refractivity contribution is 0.0525. The van der Waals surface area contributed by atoms with E-state index in [2.05, 4.69) is 0 Å². The number of carbonyl (C=O) groups excluding carboxylic acids is 3. The van der Waals surface area contributed by atoms with Crippen LogP contribution in [0.3, 0.4) is 0 Å². The summed E-state index contributed by atoms with van der Waals surface area (Å²) in [5, 5.41) is 4.00. The molecule has 0 atom stereocenters. The number of benzene rings is 4. The van der Waals surface area contributed by atoms with E-state index in [0.717, 1.165) is 21.5 Å². The van der Waals surface area contributed by atoms with Crippen molar-refractivity contribution in [2.75, 3.05) is 6.61 Å². The van der Waals surface area contributed by atoms with Gasteiger partial charge in [0, 0.05) is 21.9 Å². The Morgan fingerprint density at radius 3 is 1.97 bits per heavy atom. The van der Waals surface area contributed by atoms with Crippen LogP contribution >= 0.6 is 0 Å². The van der Waals surface area contributed by atoms with Gasteiger partial charge >= 0.3 is 5.97 Å². The van der Waals surface area contributed by atoms with Crippen molar-refractivity contribution in [2.45, 2.75) is 6.92 Å². The molecule has 1 heterocycles. The average Bonchev–Trinajstić information content (AvgIpc) is 2.86. The second-order valence-electron chi connectivity index (χ2n) is 7.95. The number of aromatic nitrogens is 1. The Hall–Kier alpha value is -4.38. The van der Waals surface area contributed by atoms with Gasteiger partial charge in [-0.15, -0.1) is 0 Å². The van der Waals surface area contributed by atoms with Crippen molar-refractivity contribution in [3.63, 3.8) is 0 Å². The first-order valence-electron chi connectivity index (χ1n) is 10.7. The molecule has 0 spiro atoms. The smallest absolute Gasteiger partial charge is 0.339 e. The van der Waals surface area contributed by atoms with Gasteiger partial charge in [-0.25, -0.2) is 9.78 Å². The van der Waals surface area contributed by atoms with Crippen LogP contribution in [-0.2, 0) is 4.74 Å². The van der Waals surface area contributed by atoms with Crippen molar-refractivity contribution >= 4 is 50.0 Å². The van der Waals surface area contributed by atoms with Crippen LogP contribution in [0.15, 0.2) is 72.8 Å². The maximum Gasteiger partial charge on any atom is 0.339 e. The van der Waals surface area contributed by atoms with Crippen LogP contribution in [0.4, 0.5) is 0 Å². The Morgan fingerprint density at radius 1 is 0.758 bits per heavy atom. The van der Waals surface area contributed by atoms with Crippen LogP contribution in [0, 0.1) is 0 Å². The van der Waals surface area contributed by atoms with Gasteiger partial charge < -0.3 is 4.74 Å². The van der Waals surface area contributed by atoms with Gasteiger partial charge in [0.1, 0.15) is 5.69 Å². The van der Waals surface area contributed by atoms with Gasteiger partial charge in [-0.2, -0.15) is 0 Å². The van der Waals surface area contributed by atoms with E-state index < -0.39 is 11.8 Å². The molecular formula is C28H17NO4. The predicted octanol–water partition coefficient (Wildman–Crippen LogP) is 5.49. The molecule has 0 fully saturated rings. The molecule has 1 aliphatic rings. The van der Waals surface area contributed by atoms with Gasteiger partial charge in [0.15, 0.2) is 5.78 Å². The number of hydrogen-bond acceptors (Lipinski definition) is 5. The van der Waals surface area contributed by atoms with E-state index in [-0.39, 0.29) is 34.8 Å². The molecule has 0 amide bonds. The molecule has 4 aromatic carbocycles. The number of ketones is 2. The van der Waals surface area contributed by atoms with Crippen LogP contribution in [0.2, 0.25) is 0 Å². The molecule has 0 bridgehead atoms. The third kappa shape index (κ3) is 2.59. The summed E-state index contributed by atoms with van der Waals surface area (Å²) in [6.07, 6.45) is 0. The van der Waals surface area contributed by atoms with Gasteiger partial charge in [-0.1, -0.05) is 72.8 Å². The number of hydrogen-bond donors (Lipinski definition) is 0. The fraction of sp³-hybridized carbons (Fsp3) is 0.0714. The molecule has 1 aliphatic carbocycles. The van der Waals surface area contributed by atoms with E-state index in [0.29, 0.717) is 16.5 Å². The zero-order valence-electron chi connectivity index (χ0n) is 17.7. The van der Waals surface area contributed by atoms with Crippen molar-refractivity contribution in [3.8, 4) is 0 Å². The van der Waals surface area contributed by atoms with Gasteiger partial charge in [-0.05, 0) is 23.1 Å². The summed E-state index contributed by atoms with van der Waals surface area (Å²) in [4.78, 5) is 45.2. The predicted molar refractivity (Wildman–Crippen MR) is 126 cm³/mol. The number of fused-ring (bicyclic) bond motifs is 8. The summed E-state index contributed by atoms with van der Waals surface area (Å²) in [5.41, 5.74) is 1.19. The third-order valence-corrected chi connectivity index (χ3v) is 6.20. The Bertz CT molecular complexity index is 1680. The van der Waals surface area contributed by atoms with E-state index in [4.69, 9.17) is 9.72 Å². The fourth-order valence-corrected chi connectivity index (χ4v) is 4.84. The topological polar surface area (TPSA) is 73.3 Å². The van der Waals surface area contributed by atoms with E-state index in [1.54, 1.807) is 31.2 Å². The molecule has 0 saturated carbocycles. The highest BCUT2D eigenvalue weighted by Crippen LogP contribution is 2.40. The monoisotopic (exact) mass is 431 g/mol. The normalized spacial score (nSPS) is 12.8. The molecule has 6 rings (SSSR count). The van der Waals surface area contributed by atoms with Crippen molar-refractivity contribution in [1.82, 2.24) is 4.98 Å². The van der Waals surface area contributed by atoms with Crippen LogP contribution in [0.5, 0.6) is 0 Å². The first-order valence-corrected chi connectivity index (χ1v) is 10.7. The largest absolute Gasteiger partial charge is 0.462 e. The molecule has 0 N–H and O–H groups in total. The Morgan fingerprint density at radius 2 is 1.30 bits per heavy atom. The number of rotatable bonds is 2. The summed E-state index contributed by atoms with van der Waals surface area (Å²) in [6.45, 7) is 1.85. The molecule has 5 nitrogen and oxygen atoms in total. The first-order chi connectivity index (χ1) is 16.1. The Labute approximate surface area is 188 Å². The molecule has 33 heavy (non-hydrogen) atoms. The second-order valence-corrected chi connectivity index (χ2v) is 7.95.